The van der Waals surface area contributed by atoms with E-state index in [1.807, 2.05) is 0 Å². The number of hydrogen-bond acceptors (Lipinski definition) is 1. The molecule has 0 heterocycles. The number of hydrogen-bond donors (Lipinski definition) is 1. The summed E-state index contributed by atoms with van der Waals surface area (Å²) in [4.78, 5) is 10.6. The van der Waals surface area contributed by atoms with E-state index < -0.39 is 0 Å². The summed E-state index contributed by atoms with van der Waals surface area (Å²) in [5, 5.41) is 0. The van der Waals surface area contributed by atoms with Crippen LogP contribution in [0.25, 0.3) is 0 Å². The molecule has 0 aliphatic heterocycles. The van der Waals surface area contributed by atoms with Crippen molar-refractivity contribution < 1.29 is 4.79 Å². The monoisotopic (exact) mass is 307 g/mol. The van der Waals surface area contributed by atoms with Crippen LogP contribution >= 0.6 is 0 Å². The molecule has 0 saturated heterocycles. The summed E-state index contributed by atoms with van der Waals surface area (Å²) in [5.41, 5.74) is 5.11. The first-order valence-electron chi connectivity index (χ1n) is 9.05. The fraction of sp³-hybridized carbons (Fsp3) is 0.944. The summed E-state index contributed by atoms with van der Waals surface area (Å²) in [6.07, 6.45) is 20.9. The molecule has 0 atom stereocenters. The van der Waals surface area contributed by atoms with Crippen molar-refractivity contribution in [2.45, 2.75) is 110 Å². The Balaban J connectivity index is 0. The molecular weight excluding hydrogens is 269 g/mol. The zero-order valence-corrected chi connectivity index (χ0v) is 13.8. The van der Waals surface area contributed by atoms with E-state index in [1.54, 1.807) is 0 Å². The van der Waals surface area contributed by atoms with Gasteiger partial charge in [-0.05, 0) is 6.42 Å². The molecule has 0 bridgehead atoms. The van der Waals surface area contributed by atoms with Crippen molar-refractivity contribution in [3.63, 3.8) is 0 Å². The van der Waals surface area contributed by atoms with Crippen LogP contribution in [0.15, 0.2) is 0 Å². The Morgan fingerprint density at radius 2 is 0.905 bits per heavy atom. The van der Waals surface area contributed by atoms with Crippen LogP contribution < -0.4 is 5.73 Å². The van der Waals surface area contributed by atoms with Gasteiger partial charge in [-0.3, -0.25) is 4.79 Å². The second kappa shape index (κ2) is 20.5. The second-order valence-electron chi connectivity index (χ2n) is 6.17. The zero-order valence-electron chi connectivity index (χ0n) is 13.8. The maximum absolute atomic E-state index is 10.6. The van der Waals surface area contributed by atoms with Gasteiger partial charge >= 0.3 is 29.6 Å². The normalized spacial score (nSPS) is 10.3. The SMILES string of the molecule is CCCCCCCCCCCCCCCCCC(N)=O.[NaH]. The Kier molecular flexibility index (Phi) is 23.1. The van der Waals surface area contributed by atoms with Crippen molar-refractivity contribution in [2.75, 3.05) is 0 Å². The standard InChI is InChI=1S/C18H37NO.Na.H/c1-2-3-4-5-6-7-8-9-10-11-12-13-14-15-16-17-18(19)20;;/h2-17H2,1H3,(H2,19,20);;. The molecule has 3 heteroatoms. The summed E-state index contributed by atoms with van der Waals surface area (Å²) in [6.45, 7) is 2.28. The Hall–Kier alpha value is 0.470. The minimum absolute atomic E-state index is 0. The van der Waals surface area contributed by atoms with Gasteiger partial charge in [-0.2, -0.15) is 0 Å². The van der Waals surface area contributed by atoms with Crippen LogP contribution in [-0.4, -0.2) is 35.5 Å². The van der Waals surface area contributed by atoms with Gasteiger partial charge in [0.25, 0.3) is 0 Å². The van der Waals surface area contributed by atoms with Crippen molar-refractivity contribution in [3.05, 3.63) is 0 Å². The van der Waals surface area contributed by atoms with Crippen molar-refractivity contribution in [2.24, 2.45) is 5.73 Å². The molecule has 0 radical (unpaired) electrons. The zero-order chi connectivity index (χ0) is 14.9. The van der Waals surface area contributed by atoms with Crippen molar-refractivity contribution in [1.29, 1.82) is 0 Å². The van der Waals surface area contributed by atoms with Crippen molar-refractivity contribution >= 4 is 35.5 Å². The van der Waals surface area contributed by atoms with E-state index in [2.05, 4.69) is 6.92 Å². The van der Waals surface area contributed by atoms with Crippen LogP contribution in [-0.2, 0) is 4.79 Å². The summed E-state index contributed by atoms with van der Waals surface area (Å²) in [7, 11) is 0. The summed E-state index contributed by atoms with van der Waals surface area (Å²) in [5.74, 6) is -0.153. The van der Waals surface area contributed by atoms with Gasteiger partial charge in [0.15, 0.2) is 0 Å². The molecule has 21 heavy (non-hydrogen) atoms. The molecule has 0 fully saturated rings. The number of unbranched alkanes of at least 4 members (excludes halogenated alkanes) is 14. The van der Waals surface area contributed by atoms with Gasteiger partial charge in [-0.15, -0.1) is 0 Å². The van der Waals surface area contributed by atoms with Gasteiger partial charge in [0.1, 0.15) is 0 Å². The maximum atomic E-state index is 10.6. The fourth-order valence-electron chi connectivity index (χ4n) is 2.67. The van der Waals surface area contributed by atoms with E-state index in [-0.39, 0.29) is 35.5 Å². The molecule has 0 aromatic heterocycles. The van der Waals surface area contributed by atoms with E-state index in [4.69, 9.17) is 5.73 Å². The first kappa shape index (κ1) is 23.7. The molecule has 122 valence electrons. The average molecular weight is 307 g/mol. The Bertz CT molecular complexity index is 209. The summed E-state index contributed by atoms with van der Waals surface area (Å²) in [6, 6.07) is 0. The summed E-state index contributed by atoms with van der Waals surface area (Å²) >= 11 is 0. The van der Waals surface area contributed by atoms with Crippen LogP contribution in [0.4, 0.5) is 0 Å². The number of nitrogens with two attached hydrogens (primary N) is 1. The van der Waals surface area contributed by atoms with Gasteiger partial charge < -0.3 is 5.73 Å². The molecule has 0 aromatic rings. The topological polar surface area (TPSA) is 43.1 Å². The van der Waals surface area contributed by atoms with Crippen molar-refractivity contribution in [3.8, 4) is 0 Å². The molecule has 0 rings (SSSR count). The first-order chi connectivity index (χ1) is 9.77. The summed E-state index contributed by atoms with van der Waals surface area (Å²) < 4.78 is 0. The number of primary amides is 1. The molecule has 0 unspecified atom stereocenters. The predicted molar refractivity (Wildman–Crippen MR) is 95.9 cm³/mol. The third-order valence-corrected chi connectivity index (χ3v) is 4.03. The molecule has 2 N–H and O–H groups in total. The molecule has 0 saturated carbocycles. The second-order valence-corrected chi connectivity index (χ2v) is 6.17. The number of rotatable bonds is 16. The number of amides is 1. The third-order valence-electron chi connectivity index (χ3n) is 4.03. The minimum atomic E-state index is -0.153. The van der Waals surface area contributed by atoms with E-state index in [9.17, 15) is 4.79 Å². The average Bonchev–Trinajstić information content (AvgIpc) is 2.43. The molecule has 0 aliphatic rings. The molecule has 1 amide bonds. The van der Waals surface area contributed by atoms with Gasteiger partial charge in [-0.1, -0.05) is 96.8 Å². The molecule has 0 aromatic carbocycles. The van der Waals surface area contributed by atoms with Crippen molar-refractivity contribution in [1.82, 2.24) is 0 Å². The van der Waals surface area contributed by atoms with Gasteiger partial charge in [0.2, 0.25) is 5.91 Å². The molecule has 2 nitrogen and oxygen atoms in total. The Morgan fingerprint density at radius 1 is 0.619 bits per heavy atom. The van der Waals surface area contributed by atoms with Crippen LogP contribution in [0, 0.1) is 0 Å². The van der Waals surface area contributed by atoms with Gasteiger partial charge in [0, 0.05) is 6.42 Å². The number of carbonyl (C=O) groups is 1. The Morgan fingerprint density at radius 3 is 1.19 bits per heavy atom. The molecule has 0 aliphatic carbocycles. The van der Waals surface area contributed by atoms with Crippen LogP contribution in [0.1, 0.15) is 110 Å². The third kappa shape index (κ3) is 22.9. The van der Waals surface area contributed by atoms with Gasteiger partial charge in [-0.25, -0.2) is 0 Å². The van der Waals surface area contributed by atoms with E-state index in [1.165, 1.54) is 89.9 Å². The fourth-order valence-corrected chi connectivity index (χ4v) is 2.67. The Labute approximate surface area is 155 Å². The van der Waals surface area contributed by atoms with Crippen LogP contribution in [0.5, 0.6) is 0 Å². The first-order valence-corrected chi connectivity index (χ1v) is 9.05. The molecule has 0 spiro atoms. The molecular formula is C18H38NNaO. The van der Waals surface area contributed by atoms with E-state index >= 15 is 0 Å². The van der Waals surface area contributed by atoms with E-state index in [0.29, 0.717) is 6.42 Å². The van der Waals surface area contributed by atoms with Crippen LogP contribution in [0.3, 0.4) is 0 Å². The van der Waals surface area contributed by atoms with E-state index in [0.717, 1.165) is 6.42 Å². The number of carbonyl (C=O) groups excluding carboxylic acids is 1. The van der Waals surface area contributed by atoms with Gasteiger partial charge in [0.05, 0.1) is 0 Å². The quantitative estimate of drug-likeness (QED) is 0.313. The van der Waals surface area contributed by atoms with Crippen LogP contribution in [0.2, 0.25) is 0 Å². The predicted octanol–water partition coefficient (Wildman–Crippen LogP) is 5.08.